The van der Waals surface area contributed by atoms with E-state index in [1.165, 1.54) is 0 Å². The summed E-state index contributed by atoms with van der Waals surface area (Å²) >= 11 is 2.81. The zero-order chi connectivity index (χ0) is 9.30. The fourth-order valence-corrected chi connectivity index (χ4v) is 1.08. The molecule has 0 bridgehead atoms. The number of hydrogen-bond donors (Lipinski definition) is 2. The highest BCUT2D eigenvalue weighted by molar-refractivity contribution is 9.10. The molecule has 0 fully saturated rings. The molecule has 0 spiro atoms. The maximum Gasteiger partial charge on any atom is 0.337 e. The van der Waals surface area contributed by atoms with Crippen molar-refractivity contribution in [2.45, 2.75) is 0 Å². The fourth-order valence-electron chi connectivity index (χ4n) is 0.652. The zero-order valence-electron chi connectivity index (χ0n) is 5.69. The second kappa shape index (κ2) is 2.98. The van der Waals surface area contributed by atoms with Crippen LogP contribution < -0.4 is 5.56 Å². The Bertz CT molecular complexity index is 357. The molecule has 0 aromatic carbocycles. The summed E-state index contributed by atoms with van der Waals surface area (Å²) in [7, 11) is 0. The SMILES string of the molecule is O=C(O)c1cc(Br)c(=O)n(O)c1. The Hall–Kier alpha value is -1.30. The quantitative estimate of drug-likeness (QED) is 0.695. The molecule has 64 valence electrons. The van der Waals surface area contributed by atoms with Gasteiger partial charge in [-0.3, -0.25) is 4.79 Å². The van der Waals surface area contributed by atoms with Crippen LogP contribution in [0.3, 0.4) is 0 Å². The molecule has 0 radical (unpaired) electrons. The number of nitrogens with zero attached hydrogens (tertiary/aromatic N) is 1. The minimum absolute atomic E-state index is 0.00454. The first-order valence-electron chi connectivity index (χ1n) is 2.87. The average Bonchev–Trinajstić information content (AvgIpc) is 1.99. The van der Waals surface area contributed by atoms with Crippen LogP contribution in [0.2, 0.25) is 0 Å². The monoisotopic (exact) mass is 233 g/mol. The molecule has 0 saturated carbocycles. The van der Waals surface area contributed by atoms with Crippen LogP contribution in [0.15, 0.2) is 21.5 Å². The lowest BCUT2D eigenvalue weighted by Crippen LogP contribution is -2.19. The predicted molar refractivity (Wildman–Crippen MR) is 42.5 cm³/mol. The summed E-state index contributed by atoms with van der Waals surface area (Å²) in [4.78, 5) is 21.2. The molecule has 0 amide bonds. The molecule has 12 heavy (non-hydrogen) atoms. The number of rotatable bonds is 1. The van der Waals surface area contributed by atoms with Crippen molar-refractivity contribution in [1.82, 2.24) is 4.73 Å². The topological polar surface area (TPSA) is 79.5 Å². The lowest BCUT2D eigenvalue weighted by molar-refractivity contribution is 0.0690. The molecule has 0 unspecified atom stereocenters. The van der Waals surface area contributed by atoms with E-state index in [0.29, 0.717) is 0 Å². The van der Waals surface area contributed by atoms with E-state index in [-0.39, 0.29) is 14.8 Å². The minimum Gasteiger partial charge on any atom is -0.478 e. The van der Waals surface area contributed by atoms with Crippen LogP contribution in [0, 0.1) is 0 Å². The van der Waals surface area contributed by atoms with E-state index in [0.717, 1.165) is 12.3 Å². The van der Waals surface area contributed by atoms with Crippen molar-refractivity contribution in [3.63, 3.8) is 0 Å². The molecule has 1 rings (SSSR count). The van der Waals surface area contributed by atoms with E-state index in [2.05, 4.69) is 15.9 Å². The molecule has 0 saturated heterocycles. The van der Waals surface area contributed by atoms with Crippen LogP contribution in [0.1, 0.15) is 10.4 Å². The fraction of sp³-hybridized carbons (Fsp3) is 0. The standard InChI is InChI=1S/C6H4BrNO4/c7-4-1-3(6(10)11)2-8(12)5(4)9/h1-2,12H,(H,10,11). The first-order valence-corrected chi connectivity index (χ1v) is 3.66. The number of aromatic nitrogens is 1. The largest absolute Gasteiger partial charge is 0.478 e. The summed E-state index contributed by atoms with van der Waals surface area (Å²) in [5, 5.41) is 17.3. The molecule has 2 N–H and O–H groups in total. The van der Waals surface area contributed by atoms with Crippen molar-refractivity contribution in [2.24, 2.45) is 0 Å². The number of pyridine rings is 1. The van der Waals surface area contributed by atoms with Gasteiger partial charge < -0.3 is 10.3 Å². The lowest BCUT2D eigenvalue weighted by Gasteiger charge is -1.98. The third kappa shape index (κ3) is 1.48. The highest BCUT2D eigenvalue weighted by atomic mass is 79.9. The molecule has 1 heterocycles. The van der Waals surface area contributed by atoms with Crippen LogP contribution in [0.25, 0.3) is 0 Å². The molecule has 0 aliphatic carbocycles. The van der Waals surface area contributed by atoms with E-state index in [9.17, 15) is 9.59 Å². The summed E-state index contributed by atoms with van der Waals surface area (Å²) in [6, 6.07) is 1.12. The minimum atomic E-state index is -1.21. The van der Waals surface area contributed by atoms with Gasteiger partial charge in [0.05, 0.1) is 16.2 Å². The van der Waals surface area contributed by atoms with Gasteiger partial charge in [0, 0.05) is 0 Å². The molecular formula is C6H4BrNO4. The highest BCUT2D eigenvalue weighted by Crippen LogP contribution is 2.05. The summed E-state index contributed by atoms with van der Waals surface area (Å²) in [5.74, 6) is -1.21. The smallest absolute Gasteiger partial charge is 0.337 e. The van der Waals surface area contributed by atoms with Gasteiger partial charge in [0.1, 0.15) is 0 Å². The normalized spacial score (nSPS) is 9.75. The van der Waals surface area contributed by atoms with Gasteiger partial charge in [-0.2, -0.15) is 4.73 Å². The molecule has 1 aromatic heterocycles. The molecule has 6 heteroatoms. The highest BCUT2D eigenvalue weighted by Gasteiger charge is 2.08. The Labute approximate surface area is 75.0 Å². The van der Waals surface area contributed by atoms with E-state index in [4.69, 9.17) is 10.3 Å². The Morgan fingerprint density at radius 1 is 1.58 bits per heavy atom. The van der Waals surface area contributed by atoms with E-state index in [1.54, 1.807) is 0 Å². The van der Waals surface area contributed by atoms with Crippen molar-refractivity contribution in [2.75, 3.05) is 0 Å². The Morgan fingerprint density at radius 2 is 2.17 bits per heavy atom. The van der Waals surface area contributed by atoms with Crippen LogP contribution in [0.5, 0.6) is 0 Å². The van der Waals surface area contributed by atoms with Crippen LogP contribution in [-0.4, -0.2) is 21.0 Å². The molecule has 5 nitrogen and oxygen atoms in total. The maximum atomic E-state index is 10.8. The van der Waals surface area contributed by atoms with Crippen molar-refractivity contribution < 1.29 is 15.1 Å². The number of halogens is 1. The van der Waals surface area contributed by atoms with Crippen LogP contribution in [-0.2, 0) is 0 Å². The number of aromatic carboxylic acids is 1. The van der Waals surface area contributed by atoms with Gasteiger partial charge in [-0.05, 0) is 22.0 Å². The summed E-state index contributed by atoms with van der Waals surface area (Å²) < 4.78 is 0.220. The molecule has 0 atom stereocenters. The van der Waals surface area contributed by atoms with Crippen molar-refractivity contribution in [1.29, 1.82) is 0 Å². The van der Waals surface area contributed by atoms with Gasteiger partial charge in [-0.15, -0.1) is 0 Å². The number of carbonyl (C=O) groups is 1. The Balaban J connectivity index is 3.41. The van der Waals surface area contributed by atoms with Gasteiger partial charge in [0.2, 0.25) is 0 Å². The Kier molecular flexibility index (Phi) is 2.18. The van der Waals surface area contributed by atoms with Crippen molar-refractivity contribution in [3.05, 3.63) is 32.7 Å². The third-order valence-corrected chi connectivity index (χ3v) is 1.77. The molecular weight excluding hydrogens is 230 g/mol. The number of carboxylic acids is 1. The van der Waals surface area contributed by atoms with Gasteiger partial charge in [0.25, 0.3) is 5.56 Å². The summed E-state index contributed by atoms with van der Waals surface area (Å²) in [6.45, 7) is 0. The number of hydrogen-bond acceptors (Lipinski definition) is 3. The van der Waals surface area contributed by atoms with E-state index >= 15 is 0 Å². The van der Waals surface area contributed by atoms with E-state index < -0.39 is 11.5 Å². The van der Waals surface area contributed by atoms with Crippen molar-refractivity contribution >= 4 is 21.9 Å². The third-order valence-electron chi connectivity index (χ3n) is 1.20. The summed E-state index contributed by atoms with van der Waals surface area (Å²) in [6.07, 6.45) is 0.829. The zero-order valence-corrected chi connectivity index (χ0v) is 7.28. The molecule has 0 aliphatic rings. The first-order chi connectivity index (χ1) is 5.52. The molecule has 1 aromatic rings. The lowest BCUT2D eigenvalue weighted by atomic mass is 10.3. The van der Waals surface area contributed by atoms with Crippen molar-refractivity contribution in [3.8, 4) is 0 Å². The number of carboxylic acid groups (broad SMARTS) is 1. The predicted octanol–water partition coefficient (Wildman–Crippen LogP) is 0.546. The second-order valence-electron chi connectivity index (χ2n) is 2.03. The first kappa shape index (κ1) is 8.79. The van der Waals surface area contributed by atoms with Gasteiger partial charge in [-0.25, -0.2) is 4.79 Å². The summed E-state index contributed by atoms with van der Waals surface area (Å²) in [5.41, 5.74) is -0.857. The van der Waals surface area contributed by atoms with Gasteiger partial charge >= 0.3 is 5.97 Å². The van der Waals surface area contributed by atoms with Crippen LogP contribution in [0.4, 0.5) is 0 Å². The van der Waals surface area contributed by atoms with Gasteiger partial charge in [0.15, 0.2) is 0 Å². The second-order valence-corrected chi connectivity index (χ2v) is 2.89. The molecule has 0 aliphatic heterocycles. The van der Waals surface area contributed by atoms with Gasteiger partial charge in [-0.1, -0.05) is 0 Å². The maximum absolute atomic E-state index is 10.8. The average molecular weight is 234 g/mol. The van der Waals surface area contributed by atoms with E-state index in [1.807, 2.05) is 0 Å². The Morgan fingerprint density at radius 3 is 2.58 bits per heavy atom. The van der Waals surface area contributed by atoms with Crippen LogP contribution >= 0.6 is 15.9 Å².